The van der Waals surface area contributed by atoms with Crippen LogP contribution in [0.1, 0.15) is 37.3 Å². The molecule has 0 aromatic heterocycles. The van der Waals surface area contributed by atoms with Crippen LogP contribution in [0, 0.1) is 5.92 Å². The molecule has 27 heavy (non-hydrogen) atoms. The topological polar surface area (TPSA) is 26.7 Å². The first-order valence-electron chi connectivity index (χ1n) is 10.4. The monoisotopic (exact) mass is 366 g/mol. The summed E-state index contributed by atoms with van der Waals surface area (Å²) in [6, 6.07) is 21.4. The molecule has 0 spiro atoms. The number of rotatable bonds is 9. The number of benzene rings is 2. The largest absolute Gasteiger partial charge is 0.391 e. The quantitative estimate of drug-likeness (QED) is 0.721. The van der Waals surface area contributed by atoms with Gasteiger partial charge < -0.3 is 10.0 Å². The fourth-order valence-corrected chi connectivity index (χ4v) is 4.04. The molecular weight excluding hydrogens is 332 g/mol. The van der Waals surface area contributed by atoms with Gasteiger partial charge in [-0.3, -0.25) is 4.90 Å². The molecule has 146 valence electrons. The standard InChI is InChI=1S/C24H34N2O/c1-2-3-15-25-16-14-23(24(27)20-25)19-26(17-21-10-6-4-7-11-21)18-22-12-8-5-9-13-22/h4-13,23-24,27H,2-3,14-20H2,1H3/t23-,24+/m1/s1. The summed E-state index contributed by atoms with van der Waals surface area (Å²) in [5.74, 6) is 0.357. The molecule has 3 heteroatoms. The highest BCUT2D eigenvalue weighted by molar-refractivity contribution is 5.17. The molecule has 3 rings (SSSR count). The van der Waals surface area contributed by atoms with E-state index in [-0.39, 0.29) is 6.10 Å². The normalized spacial score (nSPS) is 20.9. The van der Waals surface area contributed by atoms with Crippen molar-refractivity contribution in [1.29, 1.82) is 0 Å². The summed E-state index contributed by atoms with van der Waals surface area (Å²) in [6.07, 6.45) is 3.32. The first-order valence-corrected chi connectivity index (χ1v) is 10.4. The molecule has 1 aliphatic heterocycles. The number of unbranched alkanes of at least 4 members (excludes halogenated alkanes) is 1. The number of aliphatic hydroxyl groups is 1. The predicted octanol–water partition coefficient (Wildman–Crippen LogP) is 4.17. The molecular formula is C24H34N2O. The van der Waals surface area contributed by atoms with E-state index in [1.165, 1.54) is 24.0 Å². The third-order valence-corrected chi connectivity index (χ3v) is 5.62. The smallest absolute Gasteiger partial charge is 0.0707 e. The zero-order chi connectivity index (χ0) is 18.9. The van der Waals surface area contributed by atoms with Crippen LogP contribution in [0.25, 0.3) is 0 Å². The lowest BCUT2D eigenvalue weighted by Crippen LogP contribution is -2.47. The van der Waals surface area contributed by atoms with E-state index in [9.17, 15) is 5.11 Å². The lowest BCUT2D eigenvalue weighted by atomic mass is 9.92. The Balaban J connectivity index is 1.62. The van der Waals surface area contributed by atoms with Gasteiger partial charge >= 0.3 is 0 Å². The molecule has 1 N–H and O–H groups in total. The molecule has 1 saturated heterocycles. The number of aliphatic hydroxyl groups excluding tert-OH is 1. The average molecular weight is 367 g/mol. The van der Waals surface area contributed by atoms with Crippen LogP contribution in [0.2, 0.25) is 0 Å². The third kappa shape index (κ3) is 6.46. The highest BCUT2D eigenvalue weighted by Gasteiger charge is 2.28. The minimum absolute atomic E-state index is 0.218. The zero-order valence-corrected chi connectivity index (χ0v) is 16.6. The molecule has 2 atom stereocenters. The van der Waals surface area contributed by atoms with E-state index in [2.05, 4.69) is 77.4 Å². The van der Waals surface area contributed by atoms with E-state index in [1.54, 1.807) is 0 Å². The van der Waals surface area contributed by atoms with Crippen LogP contribution in [-0.2, 0) is 13.1 Å². The Kier molecular flexibility index (Phi) is 7.88. The van der Waals surface area contributed by atoms with Crippen molar-refractivity contribution in [3.8, 4) is 0 Å². The van der Waals surface area contributed by atoms with Crippen molar-refractivity contribution in [3.05, 3.63) is 71.8 Å². The van der Waals surface area contributed by atoms with Gasteiger partial charge in [-0.05, 0) is 37.1 Å². The SMILES string of the molecule is CCCCN1CC[C@H](CN(Cc2ccccc2)Cc2ccccc2)[C@@H](O)C1. The summed E-state index contributed by atoms with van der Waals surface area (Å²) in [4.78, 5) is 4.93. The van der Waals surface area contributed by atoms with E-state index in [0.717, 1.165) is 45.7 Å². The lowest BCUT2D eigenvalue weighted by molar-refractivity contribution is 0.00374. The van der Waals surface area contributed by atoms with Crippen LogP contribution < -0.4 is 0 Å². The van der Waals surface area contributed by atoms with Crippen molar-refractivity contribution < 1.29 is 5.11 Å². The Labute approximate surface area is 164 Å². The van der Waals surface area contributed by atoms with Gasteiger partial charge in [-0.25, -0.2) is 0 Å². The summed E-state index contributed by atoms with van der Waals surface area (Å²) < 4.78 is 0. The molecule has 0 aliphatic carbocycles. The fourth-order valence-electron chi connectivity index (χ4n) is 4.04. The summed E-state index contributed by atoms with van der Waals surface area (Å²) in [6.45, 7) is 8.11. The second kappa shape index (κ2) is 10.6. The van der Waals surface area contributed by atoms with Crippen LogP contribution in [0.4, 0.5) is 0 Å². The lowest BCUT2D eigenvalue weighted by Gasteiger charge is -2.38. The van der Waals surface area contributed by atoms with Crippen molar-refractivity contribution in [2.24, 2.45) is 5.92 Å². The first kappa shape index (κ1) is 20.1. The number of β-amino-alcohol motifs (C(OH)–C–C–N with tert-alkyl or cyclic N) is 1. The number of hydrogen-bond acceptors (Lipinski definition) is 3. The second-order valence-electron chi connectivity index (χ2n) is 7.91. The number of nitrogens with zero attached hydrogens (tertiary/aromatic N) is 2. The minimum Gasteiger partial charge on any atom is -0.391 e. The van der Waals surface area contributed by atoms with E-state index in [0.29, 0.717) is 5.92 Å². The Morgan fingerprint density at radius 3 is 2.07 bits per heavy atom. The van der Waals surface area contributed by atoms with Gasteiger partial charge in [0.2, 0.25) is 0 Å². The Hall–Kier alpha value is -1.68. The maximum atomic E-state index is 10.8. The summed E-state index contributed by atoms with van der Waals surface area (Å²) in [5.41, 5.74) is 2.67. The highest BCUT2D eigenvalue weighted by Crippen LogP contribution is 2.22. The highest BCUT2D eigenvalue weighted by atomic mass is 16.3. The van der Waals surface area contributed by atoms with Crippen molar-refractivity contribution in [1.82, 2.24) is 9.80 Å². The summed E-state index contributed by atoms with van der Waals surface area (Å²) >= 11 is 0. The van der Waals surface area contributed by atoms with Crippen molar-refractivity contribution in [2.75, 3.05) is 26.2 Å². The van der Waals surface area contributed by atoms with Crippen molar-refractivity contribution in [2.45, 2.75) is 45.4 Å². The molecule has 3 nitrogen and oxygen atoms in total. The van der Waals surface area contributed by atoms with Crippen molar-refractivity contribution in [3.63, 3.8) is 0 Å². The molecule has 0 bridgehead atoms. The average Bonchev–Trinajstić information content (AvgIpc) is 2.70. The van der Waals surface area contributed by atoms with Gasteiger partial charge in [-0.15, -0.1) is 0 Å². The van der Waals surface area contributed by atoms with Gasteiger partial charge in [0.15, 0.2) is 0 Å². The first-order chi connectivity index (χ1) is 13.2. The summed E-state index contributed by atoms with van der Waals surface area (Å²) in [5, 5.41) is 10.8. The third-order valence-electron chi connectivity index (χ3n) is 5.62. The molecule has 1 fully saturated rings. The Morgan fingerprint density at radius 1 is 0.963 bits per heavy atom. The number of hydrogen-bond donors (Lipinski definition) is 1. The van der Waals surface area contributed by atoms with E-state index >= 15 is 0 Å². The maximum absolute atomic E-state index is 10.8. The van der Waals surface area contributed by atoms with Crippen molar-refractivity contribution >= 4 is 0 Å². The zero-order valence-electron chi connectivity index (χ0n) is 16.6. The number of likely N-dealkylation sites (tertiary alicyclic amines) is 1. The molecule has 1 aliphatic rings. The Bertz CT molecular complexity index is 604. The van der Waals surface area contributed by atoms with Gasteiger partial charge in [0.05, 0.1) is 6.10 Å². The maximum Gasteiger partial charge on any atom is 0.0707 e. The number of piperidine rings is 1. The van der Waals surface area contributed by atoms with E-state index < -0.39 is 0 Å². The van der Waals surface area contributed by atoms with Crippen LogP contribution in [0.3, 0.4) is 0 Å². The Morgan fingerprint density at radius 2 is 1.56 bits per heavy atom. The van der Waals surface area contributed by atoms with Gasteiger partial charge in [0.1, 0.15) is 0 Å². The van der Waals surface area contributed by atoms with Gasteiger partial charge in [-0.1, -0.05) is 74.0 Å². The van der Waals surface area contributed by atoms with E-state index in [4.69, 9.17) is 0 Å². The van der Waals surface area contributed by atoms with Gasteiger partial charge in [0, 0.05) is 32.1 Å². The van der Waals surface area contributed by atoms with Crippen LogP contribution in [0.15, 0.2) is 60.7 Å². The molecule has 1 heterocycles. The van der Waals surface area contributed by atoms with Gasteiger partial charge in [0.25, 0.3) is 0 Å². The summed E-state index contributed by atoms with van der Waals surface area (Å²) in [7, 11) is 0. The van der Waals surface area contributed by atoms with Crippen LogP contribution >= 0.6 is 0 Å². The molecule has 0 radical (unpaired) electrons. The van der Waals surface area contributed by atoms with Gasteiger partial charge in [-0.2, -0.15) is 0 Å². The second-order valence-corrected chi connectivity index (χ2v) is 7.91. The molecule has 0 unspecified atom stereocenters. The molecule has 0 saturated carbocycles. The minimum atomic E-state index is -0.218. The predicted molar refractivity (Wildman–Crippen MR) is 112 cm³/mol. The molecule has 2 aromatic carbocycles. The van der Waals surface area contributed by atoms with Crippen LogP contribution in [0.5, 0.6) is 0 Å². The fraction of sp³-hybridized carbons (Fsp3) is 0.500. The van der Waals surface area contributed by atoms with Crippen LogP contribution in [-0.4, -0.2) is 47.2 Å². The molecule has 0 amide bonds. The van der Waals surface area contributed by atoms with E-state index in [1.807, 2.05) is 0 Å². The molecule has 2 aromatic rings.